The first-order valence-electron chi connectivity index (χ1n) is 5.42. The highest BCUT2D eigenvalue weighted by atomic mass is 15.2. The van der Waals surface area contributed by atoms with Crippen LogP contribution in [0, 0.1) is 5.41 Å². The predicted octanol–water partition coefficient (Wildman–Crippen LogP) is 1.99. The molecule has 3 N–H and O–H groups in total. The van der Waals surface area contributed by atoms with E-state index in [-0.39, 0.29) is 11.4 Å². The number of hydrogen-bond donors (Lipinski definition) is 2. The number of hydrogen-bond acceptors (Lipinski definition) is 3. The van der Waals surface area contributed by atoms with Crippen LogP contribution in [0.2, 0.25) is 0 Å². The lowest BCUT2D eigenvalue weighted by Crippen LogP contribution is -2.41. The molecular weight excluding hydrogens is 200 g/mol. The summed E-state index contributed by atoms with van der Waals surface area (Å²) < 4.78 is 0. The minimum absolute atomic E-state index is 0.0211. The van der Waals surface area contributed by atoms with Gasteiger partial charge in [-0.25, -0.2) is 0 Å². The molecule has 0 saturated carbocycles. The number of anilines is 1. The van der Waals surface area contributed by atoms with Crippen molar-refractivity contribution in [3.05, 3.63) is 24.0 Å². The summed E-state index contributed by atoms with van der Waals surface area (Å²) in [5, 5.41) is 7.55. The molecule has 0 spiro atoms. The molecule has 1 aromatic heterocycles. The van der Waals surface area contributed by atoms with Crippen LogP contribution in [-0.2, 0) is 0 Å². The van der Waals surface area contributed by atoms with Crippen molar-refractivity contribution in [3.8, 4) is 0 Å². The van der Waals surface area contributed by atoms with E-state index in [1.807, 2.05) is 7.05 Å². The third-order valence-electron chi connectivity index (χ3n) is 3.22. The van der Waals surface area contributed by atoms with E-state index in [1.54, 1.807) is 18.5 Å². The predicted molar refractivity (Wildman–Crippen MR) is 68.0 cm³/mol. The third kappa shape index (κ3) is 2.32. The molecule has 0 aliphatic carbocycles. The van der Waals surface area contributed by atoms with Crippen molar-refractivity contribution >= 4 is 11.5 Å². The van der Waals surface area contributed by atoms with Crippen LogP contribution in [0.25, 0.3) is 0 Å². The number of nitrogens with zero attached hydrogens (tertiary/aromatic N) is 2. The second-order valence-corrected chi connectivity index (χ2v) is 4.53. The maximum absolute atomic E-state index is 7.55. The van der Waals surface area contributed by atoms with E-state index in [1.165, 1.54) is 0 Å². The highest BCUT2D eigenvalue weighted by Crippen LogP contribution is 2.26. The minimum Gasteiger partial charge on any atom is -0.384 e. The molecule has 1 heterocycles. The number of rotatable bonds is 4. The van der Waals surface area contributed by atoms with Crippen LogP contribution in [0.4, 0.5) is 5.69 Å². The Morgan fingerprint density at radius 2 is 2.19 bits per heavy atom. The van der Waals surface area contributed by atoms with E-state index in [0.29, 0.717) is 0 Å². The van der Waals surface area contributed by atoms with Crippen LogP contribution in [0.5, 0.6) is 0 Å². The van der Waals surface area contributed by atoms with Gasteiger partial charge in [-0.3, -0.25) is 10.4 Å². The van der Waals surface area contributed by atoms with Gasteiger partial charge in [0.05, 0.1) is 11.9 Å². The van der Waals surface area contributed by atoms with Crippen LogP contribution in [0.15, 0.2) is 18.5 Å². The fourth-order valence-electron chi connectivity index (χ4n) is 1.44. The van der Waals surface area contributed by atoms with Crippen molar-refractivity contribution < 1.29 is 0 Å². The molecule has 0 fully saturated rings. The maximum Gasteiger partial charge on any atom is 0.125 e. The minimum atomic E-state index is 0.0211. The molecule has 0 saturated heterocycles. The molecule has 88 valence electrons. The molecule has 0 amide bonds. The van der Waals surface area contributed by atoms with Gasteiger partial charge in [-0.2, -0.15) is 0 Å². The summed E-state index contributed by atoms with van der Waals surface area (Å²) in [5.41, 5.74) is 7.23. The summed E-state index contributed by atoms with van der Waals surface area (Å²) in [5.74, 6) is 0.0798. The summed E-state index contributed by atoms with van der Waals surface area (Å²) >= 11 is 0. The first kappa shape index (κ1) is 12.5. The molecule has 1 aromatic rings. The standard InChI is InChI=1S/C12H20N4/c1-5-12(2,3)16(4)10-8-15-7-6-9(10)11(13)14/h6-8H,5H2,1-4H3,(H3,13,14). The number of nitrogen functional groups attached to an aromatic ring is 1. The van der Waals surface area contributed by atoms with E-state index >= 15 is 0 Å². The zero-order valence-electron chi connectivity index (χ0n) is 10.4. The van der Waals surface area contributed by atoms with Crippen molar-refractivity contribution in [2.45, 2.75) is 32.7 Å². The van der Waals surface area contributed by atoms with Crippen molar-refractivity contribution in [3.63, 3.8) is 0 Å². The number of pyridine rings is 1. The average molecular weight is 220 g/mol. The van der Waals surface area contributed by atoms with Gasteiger partial charge >= 0.3 is 0 Å². The molecule has 0 aliphatic rings. The Bertz CT molecular complexity index is 384. The SMILES string of the molecule is CCC(C)(C)N(C)c1cnccc1C(=N)N. The average Bonchev–Trinajstić information content (AvgIpc) is 2.28. The zero-order valence-corrected chi connectivity index (χ0v) is 10.4. The topological polar surface area (TPSA) is 66.0 Å². The summed E-state index contributed by atoms with van der Waals surface area (Å²) in [4.78, 5) is 6.22. The Kier molecular flexibility index (Phi) is 3.52. The first-order valence-corrected chi connectivity index (χ1v) is 5.42. The summed E-state index contributed by atoms with van der Waals surface area (Å²) in [6.45, 7) is 6.45. The molecule has 0 aromatic carbocycles. The lowest BCUT2D eigenvalue weighted by molar-refractivity contribution is 0.470. The summed E-state index contributed by atoms with van der Waals surface area (Å²) in [6, 6.07) is 1.78. The van der Waals surface area contributed by atoms with Crippen LogP contribution < -0.4 is 10.6 Å². The van der Waals surface area contributed by atoms with Gasteiger partial charge in [0.15, 0.2) is 0 Å². The largest absolute Gasteiger partial charge is 0.384 e. The number of amidine groups is 1. The molecule has 0 radical (unpaired) electrons. The number of nitrogens with one attached hydrogen (secondary N) is 1. The molecular formula is C12H20N4. The first-order chi connectivity index (χ1) is 7.40. The fourth-order valence-corrected chi connectivity index (χ4v) is 1.44. The molecule has 0 unspecified atom stereocenters. The summed E-state index contributed by atoms with van der Waals surface area (Å²) in [6.07, 6.45) is 4.43. The Morgan fingerprint density at radius 1 is 1.56 bits per heavy atom. The van der Waals surface area contributed by atoms with Gasteiger partial charge in [0.1, 0.15) is 5.84 Å². The van der Waals surface area contributed by atoms with Gasteiger partial charge < -0.3 is 10.6 Å². The highest BCUT2D eigenvalue weighted by Gasteiger charge is 2.23. The second-order valence-electron chi connectivity index (χ2n) is 4.53. The monoisotopic (exact) mass is 220 g/mol. The van der Waals surface area contributed by atoms with E-state index in [2.05, 4.69) is 30.7 Å². The Hall–Kier alpha value is -1.58. The lowest BCUT2D eigenvalue weighted by atomic mass is 9.98. The normalized spacial score (nSPS) is 11.2. The van der Waals surface area contributed by atoms with Crippen LogP contribution in [0.1, 0.15) is 32.8 Å². The van der Waals surface area contributed by atoms with Crippen LogP contribution in [-0.4, -0.2) is 23.4 Å². The smallest absolute Gasteiger partial charge is 0.125 e. The molecule has 4 nitrogen and oxygen atoms in total. The van der Waals surface area contributed by atoms with E-state index < -0.39 is 0 Å². The number of aromatic nitrogens is 1. The molecule has 0 atom stereocenters. The molecule has 16 heavy (non-hydrogen) atoms. The van der Waals surface area contributed by atoms with E-state index in [9.17, 15) is 0 Å². The van der Waals surface area contributed by atoms with Crippen LogP contribution >= 0.6 is 0 Å². The quantitative estimate of drug-likeness (QED) is 0.602. The van der Waals surface area contributed by atoms with Gasteiger partial charge in [-0.1, -0.05) is 6.92 Å². The molecule has 0 bridgehead atoms. The molecule has 4 heteroatoms. The molecule has 1 rings (SSSR count). The van der Waals surface area contributed by atoms with Crippen molar-refractivity contribution in [1.29, 1.82) is 5.41 Å². The van der Waals surface area contributed by atoms with Crippen molar-refractivity contribution in [2.75, 3.05) is 11.9 Å². The van der Waals surface area contributed by atoms with E-state index in [0.717, 1.165) is 17.7 Å². The zero-order chi connectivity index (χ0) is 12.3. The third-order valence-corrected chi connectivity index (χ3v) is 3.22. The van der Waals surface area contributed by atoms with E-state index in [4.69, 9.17) is 11.1 Å². The van der Waals surface area contributed by atoms with Gasteiger partial charge in [0.25, 0.3) is 0 Å². The van der Waals surface area contributed by atoms with Gasteiger partial charge in [-0.05, 0) is 26.3 Å². The maximum atomic E-state index is 7.55. The number of nitrogens with two attached hydrogens (primary N) is 1. The Balaban J connectivity index is 3.18. The fraction of sp³-hybridized carbons (Fsp3) is 0.500. The summed E-state index contributed by atoms with van der Waals surface area (Å²) in [7, 11) is 2.01. The van der Waals surface area contributed by atoms with Gasteiger partial charge in [0.2, 0.25) is 0 Å². The van der Waals surface area contributed by atoms with Gasteiger partial charge in [-0.15, -0.1) is 0 Å². The lowest BCUT2D eigenvalue weighted by Gasteiger charge is -2.37. The molecule has 0 aliphatic heterocycles. The van der Waals surface area contributed by atoms with Crippen LogP contribution in [0.3, 0.4) is 0 Å². The highest BCUT2D eigenvalue weighted by molar-refractivity contribution is 6.00. The second kappa shape index (κ2) is 4.51. The Morgan fingerprint density at radius 3 is 2.69 bits per heavy atom. The van der Waals surface area contributed by atoms with Crippen molar-refractivity contribution in [1.82, 2.24) is 4.98 Å². The van der Waals surface area contributed by atoms with Crippen molar-refractivity contribution in [2.24, 2.45) is 5.73 Å². The van der Waals surface area contributed by atoms with Gasteiger partial charge in [0, 0.05) is 24.3 Å². The Labute approximate surface area is 97.0 Å².